The lowest BCUT2D eigenvalue weighted by atomic mass is 9.99. The third kappa shape index (κ3) is 5.28. The molecule has 1 amide bonds. The first-order valence-electron chi connectivity index (χ1n) is 10.3. The molecule has 2 aromatic carbocycles. The van der Waals surface area contributed by atoms with Crippen LogP contribution in [0.25, 0.3) is 0 Å². The Balaban J connectivity index is 1.51. The molecule has 1 aliphatic heterocycles. The molecule has 0 aromatic heterocycles. The average Bonchev–Trinajstić information content (AvgIpc) is 2.69. The van der Waals surface area contributed by atoms with E-state index in [1.807, 2.05) is 32.0 Å². The Morgan fingerprint density at radius 3 is 2.61 bits per heavy atom. The van der Waals surface area contributed by atoms with Crippen LogP contribution in [-0.4, -0.2) is 25.6 Å². The second-order valence-electron chi connectivity index (χ2n) is 8.11. The zero-order valence-electron chi connectivity index (χ0n) is 17.5. The van der Waals surface area contributed by atoms with E-state index in [2.05, 4.69) is 48.3 Å². The fourth-order valence-electron chi connectivity index (χ4n) is 3.72. The van der Waals surface area contributed by atoms with E-state index in [4.69, 9.17) is 4.74 Å². The van der Waals surface area contributed by atoms with Crippen molar-refractivity contribution in [2.24, 2.45) is 5.92 Å². The number of carbonyl (C=O) groups is 1. The molecular weight excluding hydrogens is 348 g/mol. The maximum atomic E-state index is 12.3. The van der Waals surface area contributed by atoms with Gasteiger partial charge in [-0.3, -0.25) is 4.79 Å². The third-order valence-electron chi connectivity index (χ3n) is 5.64. The molecule has 2 aromatic rings. The minimum Gasteiger partial charge on any atom is -0.484 e. The van der Waals surface area contributed by atoms with Crippen LogP contribution < -0.4 is 15.0 Å². The Hall–Kier alpha value is -2.49. The van der Waals surface area contributed by atoms with Crippen LogP contribution in [0.2, 0.25) is 0 Å². The maximum absolute atomic E-state index is 12.3. The zero-order chi connectivity index (χ0) is 20.1. The summed E-state index contributed by atoms with van der Waals surface area (Å²) >= 11 is 0. The van der Waals surface area contributed by atoms with Crippen molar-refractivity contribution >= 4 is 11.6 Å². The van der Waals surface area contributed by atoms with Crippen LogP contribution in [0.4, 0.5) is 5.69 Å². The number of hydrogen-bond donors (Lipinski definition) is 1. The van der Waals surface area contributed by atoms with Gasteiger partial charge in [-0.15, -0.1) is 0 Å². The highest BCUT2D eigenvalue weighted by atomic mass is 16.5. The minimum atomic E-state index is -0.111. The molecule has 4 nitrogen and oxygen atoms in total. The molecule has 28 heavy (non-hydrogen) atoms. The van der Waals surface area contributed by atoms with Gasteiger partial charge in [0.25, 0.3) is 5.91 Å². The van der Waals surface area contributed by atoms with Crippen LogP contribution in [0.15, 0.2) is 42.5 Å². The molecule has 1 fully saturated rings. The van der Waals surface area contributed by atoms with E-state index in [0.717, 1.165) is 35.9 Å². The molecule has 0 saturated carbocycles. The quantitative estimate of drug-likeness (QED) is 0.783. The number of piperidine rings is 1. The Morgan fingerprint density at radius 1 is 1.18 bits per heavy atom. The topological polar surface area (TPSA) is 41.6 Å². The van der Waals surface area contributed by atoms with Gasteiger partial charge >= 0.3 is 0 Å². The van der Waals surface area contributed by atoms with Crippen LogP contribution in [-0.2, 0) is 4.79 Å². The first kappa shape index (κ1) is 20.2. The summed E-state index contributed by atoms with van der Waals surface area (Å²) in [6.07, 6.45) is 2.58. The number of benzene rings is 2. The van der Waals surface area contributed by atoms with Crippen molar-refractivity contribution in [1.29, 1.82) is 0 Å². The lowest BCUT2D eigenvalue weighted by Gasteiger charge is -2.33. The zero-order valence-corrected chi connectivity index (χ0v) is 17.5. The largest absolute Gasteiger partial charge is 0.484 e. The second kappa shape index (κ2) is 9.13. The number of aryl methyl sites for hydroxylation is 2. The van der Waals surface area contributed by atoms with Gasteiger partial charge in [-0.05, 0) is 80.5 Å². The Kier molecular flexibility index (Phi) is 6.61. The highest BCUT2D eigenvalue weighted by Crippen LogP contribution is 2.24. The van der Waals surface area contributed by atoms with E-state index in [0.29, 0.717) is 0 Å². The average molecular weight is 381 g/mol. The lowest BCUT2D eigenvalue weighted by Crippen LogP contribution is -2.34. The molecule has 0 spiro atoms. The Labute approximate surface area is 168 Å². The fraction of sp³-hybridized carbons (Fsp3) is 0.458. The number of nitrogens with zero attached hydrogens (tertiary/aromatic N) is 1. The molecule has 0 aliphatic carbocycles. The van der Waals surface area contributed by atoms with Crippen molar-refractivity contribution in [3.8, 4) is 5.75 Å². The minimum absolute atomic E-state index is 0.0244. The van der Waals surface area contributed by atoms with E-state index >= 15 is 0 Å². The monoisotopic (exact) mass is 380 g/mol. The van der Waals surface area contributed by atoms with Crippen molar-refractivity contribution in [2.75, 3.05) is 24.6 Å². The molecule has 0 unspecified atom stereocenters. The molecule has 1 N–H and O–H groups in total. The van der Waals surface area contributed by atoms with Gasteiger partial charge in [-0.25, -0.2) is 0 Å². The highest BCUT2D eigenvalue weighted by molar-refractivity contribution is 5.78. The highest BCUT2D eigenvalue weighted by Gasteiger charge is 2.17. The van der Waals surface area contributed by atoms with Crippen LogP contribution in [0, 0.1) is 19.8 Å². The normalized spacial score (nSPS) is 17.9. The van der Waals surface area contributed by atoms with E-state index in [-0.39, 0.29) is 18.6 Å². The molecule has 1 aliphatic rings. The van der Waals surface area contributed by atoms with E-state index < -0.39 is 0 Å². The second-order valence-corrected chi connectivity index (χ2v) is 8.11. The number of rotatable bonds is 6. The van der Waals surface area contributed by atoms with Crippen molar-refractivity contribution in [3.63, 3.8) is 0 Å². The molecule has 3 rings (SSSR count). The molecule has 2 atom stereocenters. The van der Waals surface area contributed by atoms with Crippen LogP contribution in [0.1, 0.15) is 49.4 Å². The molecule has 0 radical (unpaired) electrons. The van der Waals surface area contributed by atoms with Gasteiger partial charge in [0.2, 0.25) is 0 Å². The Morgan fingerprint density at radius 2 is 1.93 bits per heavy atom. The van der Waals surface area contributed by atoms with E-state index in [9.17, 15) is 4.79 Å². The summed E-state index contributed by atoms with van der Waals surface area (Å²) in [6.45, 7) is 10.7. The van der Waals surface area contributed by atoms with Gasteiger partial charge < -0.3 is 15.0 Å². The first-order valence-corrected chi connectivity index (χ1v) is 10.3. The molecule has 150 valence electrons. The number of carbonyl (C=O) groups excluding carboxylic acids is 1. The first-order chi connectivity index (χ1) is 13.4. The van der Waals surface area contributed by atoms with Crippen molar-refractivity contribution < 1.29 is 9.53 Å². The smallest absolute Gasteiger partial charge is 0.258 e. The summed E-state index contributed by atoms with van der Waals surface area (Å²) in [7, 11) is 0. The van der Waals surface area contributed by atoms with Gasteiger partial charge in [-0.2, -0.15) is 0 Å². The van der Waals surface area contributed by atoms with Gasteiger partial charge in [0.15, 0.2) is 6.61 Å². The van der Waals surface area contributed by atoms with E-state index in [1.54, 1.807) is 0 Å². The third-order valence-corrected chi connectivity index (χ3v) is 5.64. The molecule has 4 heteroatoms. The molecule has 1 heterocycles. The number of amides is 1. The van der Waals surface area contributed by atoms with Crippen molar-refractivity contribution in [2.45, 2.75) is 46.6 Å². The maximum Gasteiger partial charge on any atom is 0.258 e. The number of hydrogen-bond acceptors (Lipinski definition) is 3. The summed E-state index contributed by atoms with van der Waals surface area (Å²) in [5, 5.41) is 3.02. The SMILES string of the molecule is Cc1ccc(OCC(=O)N[C@@H](C)c2ccc(N3CCC[C@@H](C)C3)cc2)cc1C. The Bertz CT molecular complexity index is 801. The summed E-state index contributed by atoms with van der Waals surface area (Å²) in [5.74, 6) is 1.37. The van der Waals surface area contributed by atoms with Gasteiger partial charge in [0, 0.05) is 18.8 Å². The standard InChI is InChI=1S/C24H32N2O2/c1-17-6-5-13-26(15-17)22-10-8-21(9-11-22)20(4)25-24(27)16-28-23-12-7-18(2)19(3)14-23/h7-12,14,17,20H,5-6,13,15-16H2,1-4H3,(H,25,27)/t17-,20+/m1/s1. The summed E-state index contributed by atoms with van der Waals surface area (Å²) in [4.78, 5) is 14.7. The summed E-state index contributed by atoms with van der Waals surface area (Å²) < 4.78 is 5.63. The van der Waals surface area contributed by atoms with E-state index in [1.165, 1.54) is 24.1 Å². The van der Waals surface area contributed by atoms with Crippen LogP contribution in [0.3, 0.4) is 0 Å². The fourth-order valence-corrected chi connectivity index (χ4v) is 3.72. The molecule has 0 bridgehead atoms. The van der Waals surface area contributed by atoms with Crippen molar-refractivity contribution in [3.05, 3.63) is 59.2 Å². The lowest BCUT2D eigenvalue weighted by molar-refractivity contribution is -0.123. The van der Waals surface area contributed by atoms with Gasteiger partial charge in [0.1, 0.15) is 5.75 Å². The summed E-state index contributed by atoms with van der Waals surface area (Å²) in [6, 6.07) is 14.4. The number of nitrogens with one attached hydrogen (secondary N) is 1. The number of ether oxygens (including phenoxy) is 1. The van der Waals surface area contributed by atoms with Gasteiger partial charge in [-0.1, -0.05) is 25.1 Å². The molecule has 1 saturated heterocycles. The predicted molar refractivity (Wildman–Crippen MR) is 115 cm³/mol. The summed E-state index contributed by atoms with van der Waals surface area (Å²) in [5.41, 5.74) is 4.75. The predicted octanol–water partition coefficient (Wildman–Crippen LogP) is 4.80. The van der Waals surface area contributed by atoms with Crippen LogP contribution >= 0.6 is 0 Å². The number of anilines is 1. The van der Waals surface area contributed by atoms with Crippen molar-refractivity contribution in [1.82, 2.24) is 5.32 Å². The van der Waals surface area contributed by atoms with Crippen LogP contribution in [0.5, 0.6) is 5.75 Å². The van der Waals surface area contributed by atoms with Gasteiger partial charge in [0.05, 0.1) is 6.04 Å². The molecular formula is C24H32N2O2.